The first-order valence-corrected chi connectivity index (χ1v) is 10.6. The van der Waals surface area contributed by atoms with Gasteiger partial charge in [-0.2, -0.15) is 0 Å². The van der Waals surface area contributed by atoms with Crippen molar-refractivity contribution in [3.63, 3.8) is 0 Å². The second-order valence-corrected chi connectivity index (χ2v) is 7.74. The lowest BCUT2D eigenvalue weighted by atomic mass is 10.2. The maximum atomic E-state index is 12.9. The number of urea groups is 1. The number of carbonyl (C=O) groups excluding carboxylic acids is 2. The summed E-state index contributed by atoms with van der Waals surface area (Å²) in [5, 5.41) is 0. The number of benzene rings is 1. The van der Waals surface area contributed by atoms with Gasteiger partial charge in [0.25, 0.3) is 0 Å². The van der Waals surface area contributed by atoms with E-state index in [-0.39, 0.29) is 18.5 Å². The van der Waals surface area contributed by atoms with Gasteiger partial charge >= 0.3 is 6.03 Å². The van der Waals surface area contributed by atoms with Gasteiger partial charge in [-0.15, -0.1) is 0 Å². The van der Waals surface area contributed by atoms with Crippen LogP contribution in [0, 0.1) is 0 Å². The van der Waals surface area contributed by atoms with E-state index in [9.17, 15) is 9.59 Å². The molecule has 3 amide bonds. The third-order valence-electron chi connectivity index (χ3n) is 5.86. The van der Waals surface area contributed by atoms with Crippen molar-refractivity contribution in [2.24, 2.45) is 0 Å². The monoisotopic (exact) mass is 423 g/mol. The first-order chi connectivity index (χ1) is 15.2. The van der Waals surface area contributed by atoms with Crippen molar-refractivity contribution in [2.45, 2.75) is 0 Å². The van der Waals surface area contributed by atoms with Gasteiger partial charge in [-0.25, -0.2) is 9.78 Å². The van der Waals surface area contributed by atoms with Crippen molar-refractivity contribution < 1.29 is 19.1 Å². The zero-order valence-corrected chi connectivity index (χ0v) is 17.3. The number of carbonyl (C=O) groups is 2. The lowest BCUT2D eigenvalue weighted by Crippen LogP contribution is -2.51. The van der Waals surface area contributed by atoms with Gasteiger partial charge in [-0.3, -0.25) is 9.69 Å². The van der Waals surface area contributed by atoms with Crippen LogP contribution >= 0.6 is 0 Å². The van der Waals surface area contributed by atoms with Crippen molar-refractivity contribution in [1.29, 1.82) is 0 Å². The largest absolute Gasteiger partial charge is 0.486 e. The van der Waals surface area contributed by atoms with E-state index in [2.05, 4.69) is 9.88 Å². The Morgan fingerprint density at radius 3 is 2.52 bits per heavy atom. The summed E-state index contributed by atoms with van der Waals surface area (Å²) in [6.45, 7) is 4.92. The molecule has 0 bridgehead atoms. The first-order valence-electron chi connectivity index (χ1n) is 10.6. The number of aromatic nitrogens is 1. The SMILES string of the molecule is O=C(CN1CCN(c2ccc3c(c2)OCCO3)C1=O)N1CCN(c2ccccn2)CC1. The Morgan fingerprint density at radius 2 is 1.74 bits per heavy atom. The van der Waals surface area contributed by atoms with E-state index >= 15 is 0 Å². The highest BCUT2D eigenvalue weighted by atomic mass is 16.6. The maximum absolute atomic E-state index is 12.9. The fourth-order valence-electron chi connectivity index (χ4n) is 4.16. The first kappa shape index (κ1) is 19.5. The predicted molar refractivity (Wildman–Crippen MR) is 115 cm³/mol. The standard InChI is InChI=1S/C22H25N5O4/c28-21(25-9-7-24(8-10-25)20-3-1-2-6-23-20)16-26-11-12-27(22(26)29)17-4-5-18-19(15-17)31-14-13-30-18/h1-6,15H,7-14,16H2. The number of anilines is 2. The molecule has 9 nitrogen and oxygen atoms in total. The van der Waals surface area contributed by atoms with Crippen LogP contribution in [0.3, 0.4) is 0 Å². The number of fused-ring (bicyclic) bond motifs is 1. The number of ether oxygens (including phenoxy) is 2. The quantitative estimate of drug-likeness (QED) is 0.741. The molecule has 2 aromatic rings. The number of pyridine rings is 1. The summed E-state index contributed by atoms with van der Waals surface area (Å²) in [5.74, 6) is 2.26. The molecule has 3 aliphatic rings. The molecular formula is C22H25N5O4. The van der Waals surface area contributed by atoms with Crippen LogP contribution in [-0.2, 0) is 4.79 Å². The highest BCUT2D eigenvalue weighted by Crippen LogP contribution is 2.35. The molecular weight excluding hydrogens is 398 g/mol. The van der Waals surface area contributed by atoms with Crippen molar-refractivity contribution in [3.05, 3.63) is 42.6 Å². The number of rotatable bonds is 4. The Balaban J connectivity index is 1.17. The molecule has 0 N–H and O–H groups in total. The third-order valence-corrected chi connectivity index (χ3v) is 5.86. The van der Waals surface area contributed by atoms with Crippen LogP contribution in [0.1, 0.15) is 0 Å². The summed E-state index contributed by atoms with van der Waals surface area (Å²) in [6, 6.07) is 11.2. The van der Waals surface area contributed by atoms with E-state index in [1.165, 1.54) is 0 Å². The van der Waals surface area contributed by atoms with E-state index < -0.39 is 0 Å². The molecule has 2 saturated heterocycles. The molecule has 1 aromatic carbocycles. The number of amides is 3. The van der Waals surface area contributed by atoms with Crippen LogP contribution in [0.2, 0.25) is 0 Å². The van der Waals surface area contributed by atoms with Crippen molar-refractivity contribution in [3.8, 4) is 11.5 Å². The molecule has 9 heteroatoms. The highest BCUT2D eigenvalue weighted by Gasteiger charge is 2.33. The van der Waals surface area contributed by atoms with Crippen molar-refractivity contribution >= 4 is 23.4 Å². The average Bonchev–Trinajstić information content (AvgIpc) is 3.19. The Kier molecular flexibility index (Phi) is 5.23. The molecule has 0 atom stereocenters. The minimum atomic E-state index is -0.155. The molecule has 5 rings (SSSR count). The minimum Gasteiger partial charge on any atom is -0.486 e. The molecule has 1 aromatic heterocycles. The minimum absolute atomic E-state index is 0.0157. The van der Waals surface area contributed by atoms with Crippen LogP contribution in [0.15, 0.2) is 42.6 Å². The van der Waals surface area contributed by atoms with Crippen LogP contribution < -0.4 is 19.3 Å². The van der Waals surface area contributed by atoms with Crippen LogP contribution in [-0.4, -0.2) is 85.7 Å². The number of piperazine rings is 1. The number of nitrogens with zero attached hydrogens (tertiary/aromatic N) is 5. The maximum Gasteiger partial charge on any atom is 0.325 e. The van der Waals surface area contributed by atoms with Crippen molar-refractivity contribution in [1.82, 2.24) is 14.8 Å². The number of hydrogen-bond donors (Lipinski definition) is 0. The van der Waals surface area contributed by atoms with Gasteiger partial charge in [0.1, 0.15) is 25.6 Å². The lowest BCUT2D eigenvalue weighted by Gasteiger charge is -2.36. The van der Waals surface area contributed by atoms with Gasteiger partial charge in [0, 0.05) is 57.2 Å². The van der Waals surface area contributed by atoms with E-state index in [0.29, 0.717) is 50.9 Å². The van der Waals surface area contributed by atoms with Crippen LogP contribution in [0.5, 0.6) is 11.5 Å². The Bertz CT molecular complexity index is 962. The third kappa shape index (κ3) is 3.95. The van der Waals surface area contributed by atoms with E-state index in [1.807, 2.05) is 41.3 Å². The molecule has 0 spiro atoms. The van der Waals surface area contributed by atoms with E-state index in [0.717, 1.165) is 24.6 Å². The summed E-state index contributed by atoms with van der Waals surface area (Å²) in [7, 11) is 0. The molecule has 3 aliphatic heterocycles. The summed E-state index contributed by atoms with van der Waals surface area (Å²) in [5.41, 5.74) is 0.758. The molecule has 0 radical (unpaired) electrons. The fraction of sp³-hybridized carbons (Fsp3) is 0.409. The van der Waals surface area contributed by atoms with E-state index in [1.54, 1.807) is 16.0 Å². The summed E-state index contributed by atoms with van der Waals surface area (Å²) >= 11 is 0. The Morgan fingerprint density at radius 1 is 0.935 bits per heavy atom. The Hall–Kier alpha value is -3.49. The summed E-state index contributed by atoms with van der Waals surface area (Å²) in [6.07, 6.45) is 1.78. The van der Waals surface area contributed by atoms with Crippen LogP contribution in [0.25, 0.3) is 0 Å². The zero-order chi connectivity index (χ0) is 21.2. The smallest absolute Gasteiger partial charge is 0.325 e. The second-order valence-electron chi connectivity index (χ2n) is 7.74. The van der Waals surface area contributed by atoms with E-state index in [4.69, 9.17) is 9.47 Å². The highest BCUT2D eigenvalue weighted by molar-refractivity contribution is 5.96. The molecule has 4 heterocycles. The Labute approximate surface area is 180 Å². The van der Waals surface area contributed by atoms with Gasteiger partial charge in [-0.1, -0.05) is 6.07 Å². The molecule has 162 valence electrons. The average molecular weight is 423 g/mol. The second kappa shape index (κ2) is 8.33. The summed E-state index contributed by atoms with van der Waals surface area (Å²) < 4.78 is 11.2. The fourth-order valence-corrected chi connectivity index (χ4v) is 4.16. The molecule has 0 aliphatic carbocycles. The van der Waals surface area contributed by atoms with Gasteiger partial charge < -0.3 is 24.2 Å². The summed E-state index contributed by atoms with van der Waals surface area (Å²) in [4.78, 5) is 37.4. The molecule has 0 unspecified atom stereocenters. The van der Waals surface area contributed by atoms with Crippen LogP contribution in [0.4, 0.5) is 16.3 Å². The van der Waals surface area contributed by atoms with Gasteiger partial charge in [-0.05, 0) is 24.3 Å². The lowest BCUT2D eigenvalue weighted by molar-refractivity contribution is -0.131. The van der Waals surface area contributed by atoms with Gasteiger partial charge in [0.15, 0.2) is 11.5 Å². The molecule has 2 fully saturated rings. The zero-order valence-electron chi connectivity index (χ0n) is 17.3. The van der Waals surface area contributed by atoms with Gasteiger partial charge in [0.2, 0.25) is 5.91 Å². The van der Waals surface area contributed by atoms with Crippen molar-refractivity contribution in [2.75, 3.05) is 68.8 Å². The topological polar surface area (TPSA) is 78.5 Å². The normalized spacial score (nSPS) is 18.5. The molecule has 31 heavy (non-hydrogen) atoms. The molecule has 0 saturated carbocycles. The van der Waals surface area contributed by atoms with Gasteiger partial charge in [0.05, 0.1) is 0 Å². The predicted octanol–water partition coefficient (Wildman–Crippen LogP) is 1.44. The number of hydrogen-bond acceptors (Lipinski definition) is 6.